The van der Waals surface area contributed by atoms with Gasteiger partial charge in [-0.05, 0) is 12.3 Å². The SMILES string of the molecule is C#CCCCNC(=O)NC(C#C)C(C)C. The van der Waals surface area contributed by atoms with Crippen molar-refractivity contribution < 1.29 is 4.79 Å². The van der Waals surface area contributed by atoms with E-state index in [0.29, 0.717) is 13.0 Å². The van der Waals surface area contributed by atoms with E-state index in [0.717, 1.165) is 6.42 Å². The predicted molar refractivity (Wildman–Crippen MR) is 62.1 cm³/mol. The minimum absolute atomic E-state index is 0.224. The van der Waals surface area contributed by atoms with E-state index < -0.39 is 0 Å². The number of nitrogens with one attached hydrogen (secondary N) is 2. The van der Waals surface area contributed by atoms with Gasteiger partial charge in [0.05, 0.1) is 6.04 Å². The van der Waals surface area contributed by atoms with Gasteiger partial charge >= 0.3 is 6.03 Å². The van der Waals surface area contributed by atoms with Crippen molar-refractivity contribution in [2.24, 2.45) is 5.92 Å². The van der Waals surface area contributed by atoms with Gasteiger partial charge in [0.2, 0.25) is 0 Å². The van der Waals surface area contributed by atoms with Gasteiger partial charge < -0.3 is 10.6 Å². The van der Waals surface area contributed by atoms with Gasteiger partial charge in [0.1, 0.15) is 0 Å². The second-order valence-corrected chi connectivity index (χ2v) is 3.60. The summed E-state index contributed by atoms with van der Waals surface area (Å²) in [6.45, 7) is 4.50. The fourth-order valence-corrected chi connectivity index (χ4v) is 0.985. The summed E-state index contributed by atoms with van der Waals surface area (Å²) in [6.07, 6.45) is 11.8. The van der Waals surface area contributed by atoms with Gasteiger partial charge in [-0.25, -0.2) is 4.79 Å². The maximum absolute atomic E-state index is 11.3. The molecule has 0 aromatic carbocycles. The maximum atomic E-state index is 11.3. The van der Waals surface area contributed by atoms with E-state index in [1.54, 1.807) is 0 Å². The summed E-state index contributed by atoms with van der Waals surface area (Å²) in [5.41, 5.74) is 0. The Labute approximate surface area is 92.0 Å². The third-order valence-corrected chi connectivity index (χ3v) is 1.92. The van der Waals surface area contributed by atoms with Crippen molar-refractivity contribution in [3.63, 3.8) is 0 Å². The fraction of sp³-hybridized carbons (Fsp3) is 0.583. The van der Waals surface area contributed by atoms with Gasteiger partial charge in [0.15, 0.2) is 0 Å². The van der Waals surface area contributed by atoms with Crippen molar-refractivity contribution in [1.82, 2.24) is 10.6 Å². The standard InChI is InChI=1S/C12H18N2O/c1-5-7-8-9-13-12(15)14-11(6-2)10(3)4/h1-2,10-11H,7-9H2,3-4H3,(H2,13,14,15). The number of amides is 2. The highest BCUT2D eigenvalue weighted by molar-refractivity contribution is 5.74. The van der Waals surface area contributed by atoms with Crippen LogP contribution in [0, 0.1) is 30.6 Å². The molecule has 82 valence electrons. The average Bonchev–Trinajstić information content (AvgIpc) is 2.20. The Bertz CT molecular complexity index is 270. The van der Waals surface area contributed by atoms with Crippen molar-refractivity contribution in [1.29, 1.82) is 0 Å². The van der Waals surface area contributed by atoms with E-state index in [9.17, 15) is 4.79 Å². The number of terminal acetylenes is 2. The van der Waals surface area contributed by atoms with Crippen molar-refractivity contribution in [2.45, 2.75) is 32.7 Å². The third kappa shape index (κ3) is 6.46. The Morgan fingerprint density at radius 3 is 2.53 bits per heavy atom. The maximum Gasteiger partial charge on any atom is 0.315 e. The molecule has 0 bridgehead atoms. The lowest BCUT2D eigenvalue weighted by molar-refractivity contribution is 0.236. The molecular weight excluding hydrogens is 188 g/mol. The monoisotopic (exact) mass is 206 g/mol. The Kier molecular flexibility index (Phi) is 6.93. The van der Waals surface area contributed by atoms with E-state index in [1.165, 1.54) is 0 Å². The van der Waals surface area contributed by atoms with Crippen LogP contribution >= 0.6 is 0 Å². The van der Waals surface area contributed by atoms with Crippen LogP contribution in [0.5, 0.6) is 0 Å². The molecule has 0 saturated carbocycles. The van der Waals surface area contributed by atoms with Gasteiger partial charge in [-0.2, -0.15) is 0 Å². The molecule has 2 N–H and O–H groups in total. The molecule has 0 fully saturated rings. The van der Waals surface area contributed by atoms with Crippen LogP contribution in [-0.2, 0) is 0 Å². The molecule has 2 amide bonds. The molecule has 0 aliphatic rings. The second-order valence-electron chi connectivity index (χ2n) is 3.60. The minimum Gasteiger partial charge on any atom is -0.338 e. The van der Waals surface area contributed by atoms with Crippen molar-refractivity contribution in [2.75, 3.05) is 6.54 Å². The zero-order valence-electron chi connectivity index (χ0n) is 9.34. The van der Waals surface area contributed by atoms with Crippen molar-refractivity contribution >= 4 is 6.03 Å². The molecule has 3 heteroatoms. The summed E-state index contributed by atoms with van der Waals surface area (Å²) in [7, 11) is 0. The largest absolute Gasteiger partial charge is 0.338 e. The van der Waals surface area contributed by atoms with Crippen LogP contribution in [0.4, 0.5) is 4.79 Å². The molecule has 0 rings (SSSR count). The highest BCUT2D eigenvalue weighted by atomic mass is 16.2. The summed E-state index contributed by atoms with van der Waals surface area (Å²) in [5, 5.41) is 5.40. The highest BCUT2D eigenvalue weighted by Gasteiger charge is 2.12. The number of hydrogen-bond acceptors (Lipinski definition) is 1. The van der Waals surface area contributed by atoms with E-state index in [-0.39, 0.29) is 18.0 Å². The summed E-state index contributed by atoms with van der Waals surface area (Å²) in [6, 6.07) is -0.457. The first kappa shape index (κ1) is 13.4. The van der Waals surface area contributed by atoms with Gasteiger partial charge in [-0.3, -0.25) is 0 Å². The van der Waals surface area contributed by atoms with Crippen molar-refractivity contribution in [3.05, 3.63) is 0 Å². The summed E-state index contributed by atoms with van der Waals surface area (Å²) >= 11 is 0. The summed E-state index contributed by atoms with van der Waals surface area (Å²) in [4.78, 5) is 11.3. The zero-order valence-corrected chi connectivity index (χ0v) is 9.34. The first-order valence-electron chi connectivity index (χ1n) is 5.05. The number of carbonyl (C=O) groups excluding carboxylic acids is 1. The Morgan fingerprint density at radius 1 is 1.40 bits per heavy atom. The van der Waals surface area contributed by atoms with Crippen LogP contribution in [0.1, 0.15) is 26.7 Å². The van der Waals surface area contributed by atoms with Crippen molar-refractivity contribution in [3.8, 4) is 24.7 Å². The van der Waals surface area contributed by atoms with E-state index in [1.807, 2.05) is 13.8 Å². The quantitative estimate of drug-likeness (QED) is 0.517. The van der Waals surface area contributed by atoms with Gasteiger partial charge in [0.25, 0.3) is 0 Å². The summed E-state index contributed by atoms with van der Waals surface area (Å²) in [5.74, 6) is 5.27. The molecule has 0 aliphatic heterocycles. The Hall–Kier alpha value is -1.61. The lowest BCUT2D eigenvalue weighted by Gasteiger charge is -2.16. The lowest BCUT2D eigenvalue weighted by atomic mass is 10.1. The molecule has 15 heavy (non-hydrogen) atoms. The van der Waals surface area contributed by atoms with Crippen LogP contribution in [0.3, 0.4) is 0 Å². The number of carbonyl (C=O) groups is 1. The molecule has 0 aliphatic carbocycles. The fourth-order valence-electron chi connectivity index (χ4n) is 0.985. The van der Waals surface area contributed by atoms with Gasteiger partial charge in [0, 0.05) is 13.0 Å². The minimum atomic E-state index is -0.233. The normalized spacial score (nSPS) is 11.3. The second kappa shape index (κ2) is 7.76. The molecule has 0 radical (unpaired) electrons. The zero-order chi connectivity index (χ0) is 11.7. The van der Waals surface area contributed by atoms with Crippen LogP contribution in [-0.4, -0.2) is 18.6 Å². The average molecular weight is 206 g/mol. The highest BCUT2D eigenvalue weighted by Crippen LogP contribution is 1.99. The van der Waals surface area contributed by atoms with Crippen LogP contribution in [0.2, 0.25) is 0 Å². The molecular formula is C12H18N2O. The predicted octanol–water partition coefficient (Wildman–Crippen LogP) is 1.36. The lowest BCUT2D eigenvalue weighted by Crippen LogP contribution is -2.44. The first-order valence-corrected chi connectivity index (χ1v) is 5.05. The topological polar surface area (TPSA) is 41.1 Å². The van der Waals surface area contributed by atoms with E-state index >= 15 is 0 Å². The number of unbranched alkanes of at least 4 members (excludes halogenated alkanes) is 1. The summed E-state index contributed by atoms with van der Waals surface area (Å²) < 4.78 is 0. The molecule has 0 saturated heterocycles. The number of rotatable bonds is 5. The van der Waals surface area contributed by atoms with Gasteiger partial charge in [-0.1, -0.05) is 19.8 Å². The molecule has 0 heterocycles. The molecule has 0 aromatic heterocycles. The Balaban J connectivity index is 3.74. The number of urea groups is 1. The molecule has 0 spiro atoms. The van der Waals surface area contributed by atoms with E-state index in [2.05, 4.69) is 22.5 Å². The van der Waals surface area contributed by atoms with Crippen LogP contribution in [0.25, 0.3) is 0 Å². The van der Waals surface area contributed by atoms with Crippen LogP contribution < -0.4 is 10.6 Å². The number of hydrogen-bond donors (Lipinski definition) is 2. The third-order valence-electron chi connectivity index (χ3n) is 1.92. The molecule has 3 nitrogen and oxygen atoms in total. The first-order chi connectivity index (χ1) is 7.11. The van der Waals surface area contributed by atoms with Crippen LogP contribution in [0.15, 0.2) is 0 Å². The molecule has 1 unspecified atom stereocenters. The van der Waals surface area contributed by atoms with E-state index in [4.69, 9.17) is 12.8 Å². The molecule has 0 aromatic rings. The van der Waals surface area contributed by atoms with Gasteiger partial charge in [-0.15, -0.1) is 18.8 Å². The Morgan fingerprint density at radius 2 is 2.07 bits per heavy atom. The molecule has 1 atom stereocenters. The smallest absolute Gasteiger partial charge is 0.315 e.